The predicted octanol–water partition coefficient (Wildman–Crippen LogP) is 1.91. The summed E-state index contributed by atoms with van der Waals surface area (Å²) in [5.41, 5.74) is -0.0510. The first-order valence-electron chi connectivity index (χ1n) is 5.36. The average molecular weight is 206 g/mol. The topological polar surface area (TPSA) is 20.2 Å². The van der Waals surface area contributed by atoms with Gasteiger partial charge in [-0.3, -0.25) is 0 Å². The number of aliphatic hydroxyl groups excluding tert-OH is 1. The highest BCUT2D eigenvalue weighted by atomic mass is 28.3. The van der Waals surface area contributed by atoms with Crippen molar-refractivity contribution in [2.45, 2.75) is 31.7 Å². The minimum absolute atomic E-state index is 0.0510. The van der Waals surface area contributed by atoms with Gasteiger partial charge in [-0.2, -0.15) is 0 Å². The van der Waals surface area contributed by atoms with Crippen LogP contribution in [0.5, 0.6) is 0 Å². The third-order valence-corrected chi connectivity index (χ3v) is 7.10. The third kappa shape index (κ3) is 1.77. The highest BCUT2D eigenvalue weighted by Gasteiger charge is 2.42. The van der Waals surface area contributed by atoms with Crippen LogP contribution in [0.3, 0.4) is 0 Å². The van der Waals surface area contributed by atoms with Crippen LogP contribution in [0.4, 0.5) is 0 Å². The molecule has 1 aromatic rings. The van der Waals surface area contributed by atoms with Crippen LogP contribution in [0.1, 0.15) is 12.8 Å². The molecular weight excluding hydrogens is 188 g/mol. The Bertz CT molecular complexity index is 303. The average Bonchev–Trinajstić information content (AvgIpc) is 3.01. The van der Waals surface area contributed by atoms with Crippen molar-refractivity contribution in [2.75, 3.05) is 0 Å². The van der Waals surface area contributed by atoms with Crippen LogP contribution >= 0.6 is 0 Å². The second kappa shape index (κ2) is 3.52. The van der Waals surface area contributed by atoms with E-state index in [1.165, 1.54) is 18.0 Å². The fourth-order valence-electron chi connectivity index (χ4n) is 2.04. The Hall–Kier alpha value is -0.603. The summed E-state index contributed by atoms with van der Waals surface area (Å²) in [4.78, 5) is 0. The number of benzene rings is 1. The Labute approximate surface area is 86.8 Å². The van der Waals surface area contributed by atoms with Crippen molar-refractivity contribution in [3.8, 4) is 0 Å². The molecule has 1 saturated carbocycles. The summed E-state index contributed by atoms with van der Waals surface area (Å²) >= 11 is 0. The van der Waals surface area contributed by atoms with Crippen LogP contribution in [-0.4, -0.2) is 18.9 Å². The van der Waals surface area contributed by atoms with Gasteiger partial charge in [-0.15, -0.1) is 0 Å². The van der Waals surface area contributed by atoms with Gasteiger partial charge in [-0.1, -0.05) is 48.6 Å². The number of rotatable bonds is 3. The Morgan fingerprint density at radius 2 is 1.79 bits per heavy atom. The molecule has 1 nitrogen and oxygen atoms in total. The quantitative estimate of drug-likeness (QED) is 0.749. The van der Waals surface area contributed by atoms with Crippen molar-refractivity contribution < 1.29 is 5.11 Å². The van der Waals surface area contributed by atoms with Crippen molar-refractivity contribution in [1.29, 1.82) is 0 Å². The summed E-state index contributed by atoms with van der Waals surface area (Å²) in [5, 5.41) is 11.6. The van der Waals surface area contributed by atoms with Gasteiger partial charge < -0.3 is 5.11 Å². The lowest BCUT2D eigenvalue weighted by Gasteiger charge is -2.28. The zero-order chi connectivity index (χ0) is 10.2. The monoisotopic (exact) mass is 206 g/mol. The highest BCUT2D eigenvalue weighted by Crippen LogP contribution is 2.36. The maximum absolute atomic E-state index is 10.2. The molecule has 2 rings (SSSR count). The Morgan fingerprint density at radius 3 is 2.29 bits per heavy atom. The van der Waals surface area contributed by atoms with Crippen LogP contribution < -0.4 is 5.19 Å². The Balaban J connectivity index is 2.22. The van der Waals surface area contributed by atoms with Crippen LogP contribution in [0.2, 0.25) is 13.1 Å². The fraction of sp³-hybridized carbons (Fsp3) is 0.500. The summed E-state index contributed by atoms with van der Waals surface area (Å²) in [6.45, 7) is 4.54. The summed E-state index contributed by atoms with van der Waals surface area (Å²) in [7, 11) is -1.63. The zero-order valence-corrected chi connectivity index (χ0v) is 9.90. The molecule has 0 aromatic heterocycles. The van der Waals surface area contributed by atoms with Crippen LogP contribution in [0.15, 0.2) is 30.3 Å². The summed E-state index contributed by atoms with van der Waals surface area (Å²) < 4.78 is 0. The van der Waals surface area contributed by atoms with Crippen molar-refractivity contribution in [1.82, 2.24) is 0 Å². The van der Waals surface area contributed by atoms with E-state index in [2.05, 4.69) is 37.4 Å². The van der Waals surface area contributed by atoms with Crippen molar-refractivity contribution in [2.24, 2.45) is 5.92 Å². The van der Waals surface area contributed by atoms with E-state index < -0.39 is 8.07 Å². The van der Waals surface area contributed by atoms with Gasteiger partial charge in [0, 0.05) is 0 Å². The molecule has 1 aromatic carbocycles. The summed E-state index contributed by atoms with van der Waals surface area (Å²) in [6.07, 6.45) is 2.45. The molecule has 1 aliphatic rings. The molecule has 0 radical (unpaired) electrons. The molecule has 76 valence electrons. The van der Waals surface area contributed by atoms with Crippen LogP contribution in [-0.2, 0) is 0 Å². The van der Waals surface area contributed by atoms with Crippen molar-refractivity contribution in [3.05, 3.63) is 30.3 Å². The van der Waals surface area contributed by atoms with E-state index in [-0.39, 0.29) is 5.73 Å². The first kappa shape index (κ1) is 9.93. The fourth-order valence-corrected chi connectivity index (χ4v) is 4.94. The van der Waals surface area contributed by atoms with E-state index in [1.54, 1.807) is 0 Å². The van der Waals surface area contributed by atoms with Gasteiger partial charge in [0.1, 0.15) is 8.07 Å². The molecule has 0 amide bonds. The standard InChI is InChI=1S/C12H18OSi/c1-14(2,12(13)10-8-9-10)11-6-4-3-5-7-11/h3-7,10,12-13H,8-9H2,1-2H3/t12-/m1/s1. The summed E-state index contributed by atoms with van der Waals surface area (Å²) in [5.74, 6) is 0.594. The van der Waals surface area contributed by atoms with Gasteiger partial charge in [0.05, 0.1) is 5.73 Å². The van der Waals surface area contributed by atoms with E-state index in [1.807, 2.05) is 6.07 Å². The second-order valence-corrected chi connectivity index (χ2v) is 9.48. The lowest BCUT2D eigenvalue weighted by atomic mass is 10.4. The largest absolute Gasteiger partial charge is 0.396 e. The molecule has 1 aliphatic carbocycles. The number of hydrogen-bond acceptors (Lipinski definition) is 1. The van der Waals surface area contributed by atoms with E-state index >= 15 is 0 Å². The molecular formula is C12H18OSi. The molecule has 0 saturated heterocycles. The van der Waals surface area contributed by atoms with Gasteiger partial charge >= 0.3 is 0 Å². The Morgan fingerprint density at radius 1 is 1.21 bits per heavy atom. The normalized spacial score (nSPS) is 19.4. The van der Waals surface area contributed by atoms with Gasteiger partial charge in [0.15, 0.2) is 0 Å². The van der Waals surface area contributed by atoms with E-state index in [0.29, 0.717) is 5.92 Å². The minimum Gasteiger partial charge on any atom is -0.396 e. The SMILES string of the molecule is C[Si](C)(c1ccccc1)[C@@H](O)C1CC1. The van der Waals surface area contributed by atoms with Gasteiger partial charge in [-0.25, -0.2) is 0 Å². The molecule has 1 fully saturated rings. The van der Waals surface area contributed by atoms with E-state index in [0.717, 1.165) is 0 Å². The van der Waals surface area contributed by atoms with E-state index in [4.69, 9.17) is 0 Å². The smallest absolute Gasteiger partial charge is 0.113 e. The Kier molecular flexibility index (Phi) is 2.50. The molecule has 0 spiro atoms. The van der Waals surface area contributed by atoms with Crippen LogP contribution in [0.25, 0.3) is 0 Å². The third-order valence-electron chi connectivity index (χ3n) is 3.33. The van der Waals surface area contributed by atoms with Crippen molar-refractivity contribution in [3.63, 3.8) is 0 Å². The first-order chi connectivity index (χ1) is 6.62. The molecule has 0 heterocycles. The van der Waals surface area contributed by atoms with Crippen LogP contribution in [0, 0.1) is 5.92 Å². The zero-order valence-electron chi connectivity index (χ0n) is 8.90. The molecule has 2 heteroatoms. The number of hydrogen-bond donors (Lipinski definition) is 1. The van der Waals surface area contributed by atoms with Gasteiger partial charge in [0.25, 0.3) is 0 Å². The lowest BCUT2D eigenvalue weighted by molar-refractivity contribution is 0.222. The lowest BCUT2D eigenvalue weighted by Crippen LogP contribution is -2.53. The maximum Gasteiger partial charge on any atom is 0.113 e. The van der Waals surface area contributed by atoms with Gasteiger partial charge in [-0.05, 0) is 18.8 Å². The molecule has 0 bridgehead atoms. The first-order valence-corrected chi connectivity index (χ1v) is 8.43. The molecule has 14 heavy (non-hydrogen) atoms. The van der Waals surface area contributed by atoms with Crippen molar-refractivity contribution >= 4 is 13.3 Å². The molecule has 1 N–H and O–H groups in total. The van der Waals surface area contributed by atoms with E-state index in [9.17, 15) is 5.11 Å². The molecule has 0 unspecified atom stereocenters. The second-order valence-electron chi connectivity index (χ2n) is 4.87. The minimum atomic E-state index is -1.63. The molecule has 0 aliphatic heterocycles. The number of aliphatic hydroxyl groups is 1. The summed E-state index contributed by atoms with van der Waals surface area (Å²) in [6, 6.07) is 10.5. The predicted molar refractivity (Wildman–Crippen MR) is 62.3 cm³/mol. The molecule has 1 atom stereocenters. The maximum atomic E-state index is 10.2. The highest BCUT2D eigenvalue weighted by molar-refractivity contribution is 6.90. The van der Waals surface area contributed by atoms with Gasteiger partial charge in [0.2, 0.25) is 0 Å².